The number of nitrogens with one attached hydrogen (secondary N) is 1. The third-order valence-electron chi connectivity index (χ3n) is 2.23. The molecule has 0 aliphatic rings. The van der Waals surface area contributed by atoms with Gasteiger partial charge in [0.05, 0.1) is 5.69 Å². The molecule has 0 spiro atoms. The van der Waals surface area contributed by atoms with Gasteiger partial charge in [-0.1, -0.05) is 18.2 Å². The Hall–Kier alpha value is -2.34. The van der Waals surface area contributed by atoms with Crippen molar-refractivity contribution in [3.05, 3.63) is 63.4 Å². The predicted molar refractivity (Wildman–Crippen MR) is 62.6 cm³/mol. The van der Waals surface area contributed by atoms with Gasteiger partial charge in [-0.15, -0.1) is 0 Å². The lowest BCUT2D eigenvalue weighted by Gasteiger charge is -2.10. The topological polar surface area (TPSA) is 76.3 Å². The highest BCUT2D eigenvalue weighted by Gasteiger charge is 2.03. The summed E-state index contributed by atoms with van der Waals surface area (Å²) in [7, 11) is 0. The fraction of sp³-hybridized carbons (Fsp3) is 0.0909. The SMILES string of the molecule is O=c1ccn(Nc2ccccc2)c(=O)n1CO. The normalized spacial score (nSPS) is 10.2. The zero-order chi connectivity index (χ0) is 12.3. The number of nitrogens with zero attached hydrogens (tertiary/aromatic N) is 2. The van der Waals surface area contributed by atoms with Crippen LogP contribution in [-0.4, -0.2) is 14.3 Å². The van der Waals surface area contributed by atoms with Crippen LogP contribution < -0.4 is 16.7 Å². The van der Waals surface area contributed by atoms with E-state index in [1.165, 1.54) is 12.3 Å². The molecule has 0 amide bonds. The molecular weight excluding hydrogens is 222 g/mol. The molecule has 1 aromatic carbocycles. The highest BCUT2D eigenvalue weighted by atomic mass is 16.3. The maximum absolute atomic E-state index is 11.7. The maximum Gasteiger partial charge on any atom is 0.351 e. The summed E-state index contributed by atoms with van der Waals surface area (Å²) in [5.41, 5.74) is 2.35. The second-order valence-electron chi connectivity index (χ2n) is 3.35. The van der Waals surface area contributed by atoms with E-state index >= 15 is 0 Å². The first-order chi connectivity index (χ1) is 8.22. The van der Waals surface area contributed by atoms with Crippen molar-refractivity contribution < 1.29 is 5.11 Å². The Bertz CT molecular complexity index is 616. The Morgan fingerprint density at radius 2 is 1.82 bits per heavy atom. The summed E-state index contributed by atoms with van der Waals surface area (Å²) in [6.45, 7) is -0.644. The fourth-order valence-corrected chi connectivity index (χ4v) is 1.38. The average Bonchev–Trinajstić information content (AvgIpc) is 2.35. The first-order valence-corrected chi connectivity index (χ1v) is 4.98. The zero-order valence-electron chi connectivity index (χ0n) is 8.91. The molecule has 1 aromatic heterocycles. The molecule has 0 saturated heterocycles. The molecular formula is C11H11N3O3. The summed E-state index contributed by atoms with van der Waals surface area (Å²) in [5, 5.41) is 8.91. The summed E-state index contributed by atoms with van der Waals surface area (Å²) >= 11 is 0. The lowest BCUT2D eigenvalue weighted by atomic mass is 10.3. The van der Waals surface area contributed by atoms with Gasteiger partial charge in [-0.25, -0.2) is 14.0 Å². The molecule has 0 fully saturated rings. The number of aliphatic hydroxyl groups excluding tert-OH is 1. The van der Waals surface area contributed by atoms with E-state index < -0.39 is 18.0 Å². The van der Waals surface area contributed by atoms with Gasteiger partial charge < -0.3 is 5.11 Å². The van der Waals surface area contributed by atoms with E-state index in [0.717, 1.165) is 9.24 Å². The third kappa shape index (κ3) is 2.26. The molecule has 17 heavy (non-hydrogen) atoms. The van der Waals surface area contributed by atoms with Gasteiger partial charge in [0.15, 0.2) is 0 Å². The van der Waals surface area contributed by atoms with E-state index in [1.54, 1.807) is 12.1 Å². The summed E-state index contributed by atoms with van der Waals surface area (Å²) in [4.78, 5) is 23.0. The largest absolute Gasteiger partial charge is 0.376 e. The van der Waals surface area contributed by atoms with Crippen molar-refractivity contribution in [1.82, 2.24) is 9.24 Å². The monoisotopic (exact) mass is 233 g/mol. The minimum atomic E-state index is -0.644. The van der Waals surface area contributed by atoms with Crippen molar-refractivity contribution in [2.75, 3.05) is 5.43 Å². The average molecular weight is 233 g/mol. The molecule has 0 unspecified atom stereocenters. The fourth-order valence-electron chi connectivity index (χ4n) is 1.38. The molecule has 0 bridgehead atoms. The lowest BCUT2D eigenvalue weighted by Crippen LogP contribution is -2.41. The first kappa shape index (κ1) is 11.2. The number of aliphatic hydroxyl groups is 1. The van der Waals surface area contributed by atoms with Gasteiger partial charge in [-0.3, -0.25) is 10.2 Å². The van der Waals surface area contributed by atoms with E-state index in [4.69, 9.17) is 5.11 Å². The number of aromatic nitrogens is 2. The molecule has 6 heteroatoms. The summed E-state index contributed by atoms with van der Waals surface area (Å²) < 4.78 is 1.85. The van der Waals surface area contributed by atoms with E-state index in [0.29, 0.717) is 5.69 Å². The molecule has 0 aliphatic heterocycles. The number of rotatable bonds is 3. The van der Waals surface area contributed by atoms with Crippen LogP contribution in [0.2, 0.25) is 0 Å². The Labute approximate surface area is 96.3 Å². The first-order valence-electron chi connectivity index (χ1n) is 4.98. The second kappa shape index (κ2) is 4.67. The lowest BCUT2D eigenvalue weighted by molar-refractivity contribution is 0.198. The Morgan fingerprint density at radius 3 is 2.47 bits per heavy atom. The van der Waals surface area contributed by atoms with E-state index in [2.05, 4.69) is 5.43 Å². The Kier molecular flexibility index (Phi) is 3.06. The van der Waals surface area contributed by atoms with E-state index in [-0.39, 0.29) is 0 Å². The number of anilines is 1. The standard InChI is InChI=1S/C11H11N3O3/c15-8-13-10(16)6-7-14(11(13)17)12-9-4-2-1-3-5-9/h1-7,12,15H,8H2. The van der Waals surface area contributed by atoms with Crippen LogP contribution in [0.15, 0.2) is 52.2 Å². The highest BCUT2D eigenvalue weighted by molar-refractivity contribution is 5.41. The van der Waals surface area contributed by atoms with Crippen LogP contribution in [-0.2, 0) is 6.73 Å². The smallest absolute Gasteiger partial charge is 0.351 e. The number of benzene rings is 1. The summed E-state index contributed by atoms with van der Waals surface area (Å²) in [5.74, 6) is 0. The Morgan fingerprint density at radius 1 is 1.12 bits per heavy atom. The van der Waals surface area contributed by atoms with Crippen LogP contribution in [0.3, 0.4) is 0 Å². The summed E-state index contributed by atoms with van der Waals surface area (Å²) in [6.07, 6.45) is 1.32. The van der Waals surface area contributed by atoms with Gasteiger partial charge in [0, 0.05) is 12.3 Å². The number of hydrogen-bond acceptors (Lipinski definition) is 4. The quantitative estimate of drug-likeness (QED) is 0.772. The van der Waals surface area contributed by atoms with Gasteiger partial charge in [0.1, 0.15) is 6.73 Å². The third-order valence-corrected chi connectivity index (χ3v) is 2.23. The molecule has 0 radical (unpaired) electrons. The van der Waals surface area contributed by atoms with Crippen molar-refractivity contribution in [3.63, 3.8) is 0 Å². The van der Waals surface area contributed by atoms with Gasteiger partial charge in [0.25, 0.3) is 5.56 Å². The molecule has 2 rings (SSSR count). The van der Waals surface area contributed by atoms with Gasteiger partial charge >= 0.3 is 5.69 Å². The van der Waals surface area contributed by atoms with Crippen LogP contribution in [0, 0.1) is 0 Å². The van der Waals surface area contributed by atoms with E-state index in [1.807, 2.05) is 18.2 Å². The molecule has 88 valence electrons. The minimum absolute atomic E-state index is 0.538. The molecule has 1 heterocycles. The van der Waals surface area contributed by atoms with Crippen molar-refractivity contribution in [3.8, 4) is 0 Å². The van der Waals surface area contributed by atoms with Crippen LogP contribution in [0.25, 0.3) is 0 Å². The van der Waals surface area contributed by atoms with Crippen molar-refractivity contribution in [2.24, 2.45) is 0 Å². The predicted octanol–water partition coefficient (Wildman–Crippen LogP) is -0.165. The number of para-hydroxylation sites is 1. The zero-order valence-corrected chi connectivity index (χ0v) is 8.91. The molecule has 2 N–H and O–H groups in total. The molecule has 6 nitrogen and oxygen atoms in total. The second-order valence-corrected chi connectivity index (χ2v) is 3.35. The van der Waals surface area contributed by atoms with Gasteiger partial charge in [0.2, 0.25) is 0 Å². The molecule has 0 atom stereocenters. The molecule has 0 aliphatic carbocycles. The van der Waals surface area contributed by atoms with Crippen molar-refractivity contribution >= 4 is 5.69 Å². The molecule has 0 saturated carbocycles. The van der Waals surface area contributed by atoms with Gasteiger partial charge in [-0.05, 0) is 12.1 Å². The molecule has 2 aromatic rings. The van der Waals surface area contributed by atoms with Crippen LogP contribution in [0.1, 0.15) is 0 Å². The van der Waals surface area contributed by atoms with Gasteiger partial charge in [-0.2, -0.15) is 0 Å². The Balaban J connectivity index is 2.42. The highest BCUT2D eigenvalue weighted by Crippen LogP contribution is 2.03. The van der Waals surface area contributed by atoms with Crippen LogP contribution >= 0.6 is 0 Å². The number of hydrogen-bond donors (Lipinski definition) is 2. The minimum Gasteiger partial charge on any atom is -0.376 e. The van der Waals surface area contributed by atoms with Crippen molar-refractivity contribution in [1.29, 1.82) is 0 Å². The van der Waals surface area contributed by atoms with E-state index in [9.17, 15) is 9.59 Å². The van der Waals surface area contributed by atoms with Crippen LogP contribution in [0.4, 0.5) is 5.69 Å². The van der Waals surface area contributed by atoms with Crippen LogP contribution in [0.5, 0.6) is 0 Å². The summed E-state index contributed by atoms with van der Waals surface area (Å²) in [6, 6.07) is 10.2. The van der Waals surface area contributed by atoms with Crippen molar-refractivity contribution in [2.45, 2.75) is 6.73 Å². The maximum atomic E-state index is 11.7.